The minimum absolute atomic E-state index is 0.112. The van der Waals surface area contributed by atoms with Crippen LogP contribution in [0.4, 0.5) is 11.5 Å². The summed E-state index contributed by atoms with van der Waals surface area (Å²) in [5.41, 5.74) is 1.00. The minimum Gasteiger partial charge on any atom is -0.384 e. The molecule has 0 aromatic carbocycles. The van der Waals surface area contributed by atoms with Gasteiger partial charge in [0.1, 0.15) is 5.82 Å². The summed E-state index contributed by atoms with van der Waals surface area (Å²) in [6.45, 7) is 3.13. The number of nitrogens with one attached hydrogen (secondary N) is 2. The van der Waals surface area contributed by atoms with E-state index in [2.05, 4.69) is 22.5 Å². The Morgan fingerprint density at radius 3 is 2.83 bits per heavy atom. The van der Waals surface area contributed by atoms with Gasteiger partial charge in [0.2, 0.25) is 5.91 Å². The van der Waals surface area contributed by atoms with Crippen molar-refractivity contribution in [3.8, 4) is 0 Å². The Bertz CT molecular complexity index is 385. The Morgan fingerprint density at radius 1 is 1.44 bits per heavy atom. The van der Waals surface area contributed by atoms with Gasteiger partial charge < -0.3 is 10.6 Å². The van der Waals surface area contributed by atoms with Crippen molar-refractivity contribution in [1.29, 1.82) is 0 Å². The summed E-state index contributed by atoms with van der Waals surface area (Å²) in [4.78, 5) is 16.0. The van der Waals surface area contributed by atoms with Gasteiger partial charge in [-0.3, -0.25) is 4.79 Å². The van der Waals surface area contributed by atoms with Gasteiger partial charge in [0.05, 0.1) is 11.9 Å². The number of hydrogen-bond donors (Lipinski definition) is 2. The SMILES string of the molecule is CCCCNc1ccc(NC(=O)C2CCC2)nc1. The summed E-state index contributed by atoms with van der Waals surface area (Å²) < 4.78 is 0. The van der Waals surface area contributed by atoms with Crippen molar-refractivity contribution in [3.63, 3.8) is 0 Å². The fraction of sp³-hybridized carbons (Fsp3) is 0.571. The number of anilines is 2. The molecule has 1 aromatic heterocycles. The number of hydrogen-bond acceptors (Lipinski definition) is 3. The molecule has 2 rings (SSSR count). The van der Waals surface area contributed by atoms with E-state index in [0.717, 1.165) is 31.5 Å². The van der Waals surface area contributed by atoms with Gasteiger partial charge in [0.15, 0.2) is 0 Å². The zero-order valence-corrected chi connectivity index (χ0v) is 10.9. The van der Waals surface area contributed by atoms with Crippen LogP contribution in [-0.2, 0) is 4.79 Å². The summed E-state index contributed by atoms with van der Waals surface area (Å²) in [6.07, 6.45) is 7.30. The number of unbranched alkanes of at least 4 members (excludes halogenated alkanes) is 1. The molecule has 1 aliphatic rings. The van der Waals surface area contributed by atoms with Crippen LogP contribution >= 0.6 is 0 Å². The summed E-state index contributed by atoms with van der Waals surface area (Å²) in [6, 6.07) is 3.81. The van der Waals surface area contributed by atoms with E-state index < -0.39 is 0 Å². The lowest BCUT2D eigenvalue weighted by Crippen LogP contribution is -2.28. The highest BCUT2D eigenvalue weighted by molar-refractivity contribution is 5.92. The number of carbonyl (C=O) groups excluding carboxylic acids is 1. The lowest BCUT2D eigenvalue weighted by atomic mass is 9.85. The number of pyridine rings is 1. The van der Waals surface area contributed by atoms with Crippen LogP contribution in [0.2, 0.25) is 0 Å². The standard InChI is InChI=1S/C14H21N3O/c1-2-3-9-15-12-7-8-13(16-10-12)17-14(18)11-5-4-6-11/h7-8,10-11,15H,2-6,9H2,1H3,(H,16,17,18). The summed E-state index contributed by atoms with van der Waals surface area (Å²) in [7, 11) is 0. The van der Waals surface area contributed by atoms with E-state index >= 15 is 0 Å². The molecule has 1 amide bonds. The Balaban J connectivity index is 1.81. The van der Waals surface area contributed by atoms with E-state index in [4.69, 9.17) is 0 Å². The topological polar surface area (TPSA) is 54.0 Å². The zero-order chi connectivity index (χ0) is 12.8. The molecule has 98 valence electrons. The number of carbonyl (C=O) groups is 1. The first-order valence-corrected chi connectivity index (χ1v) is 6.80. The van der Waals surface area contributed by atoms with E-state index in [1.54, 1.807) is 6.20 Å². The van der Waals surface area contributed by atoms with E-state index in [-0.39, 0.29) is 11.8 Å². The Kier molecular flexibility index (Phi) is 4.56. The lowest BCUT2D eigenvalue weighted by Gasteiger charge is -2.23. The zero-order valence-electron chi connectivity index (χ0n) is 10.9. The van der Waals surface area contributed by atoms with E-state index in [0.29, 0.717) is 5.82 Å². The molecule has 1 aromatic rings. The van der Waals surface area contributed by atoms with Crippen LogP contribution in [0.15, 0.2) is 18.3 Å². The highest BCUT2D eigenvalue weighted by atomic mass is 16.2. The first-order valence-electron chi connectivity index (χ1n) is 6.80. The number of amides is 1. The average Bonchev–Trinajstić information content (AvgIpc) is 2.29. The van der Waals surface area contributed by atoms with E-state index in [1.807, 2.05) is 12.1 Å². The van der Waals surface area contributed by atoms with Gasteiger partial charge >= 0.3 is 0 Å². The minimum atomic E-state index is 0.112. The van der Waals surface area contributed by atoms with Crippen LogP contribution in [0.25, 0.3) is 0 Å². The summed E-state index contributed by atoms with van der Waals surface area (Å²) in [5.74, 6) is 0.961. The van der Waals surface area contributed by atoms with Crippen molar-refractivity contribution in [3.05, 3.63) is 18.3 Å². The molecule has 4 heteroatoms. The van der Waals surface area contributed by atoms with Crippen molar-refractivity contribution in [2.75, 3.05) is 17.2 Å². The predicted octanol–water partition coefficient (Wildman–Crippen LogP) is 3.03. The molecule has 1 aliphatic carbocycles. The molecule has 0 atom stereocenters. The maximum atomic E-state index is 11.7. The van der Waals surface area contributed by atoms with Crippen molar-refractivity contribution in [2.45, 2.75) is 39.0 Å². The third kappa shape index (κ3) is 3.45. The molecular formula is C14H21N3O. The highest BCUT2D eigenvalue weighted by Gasteiger charge is 2.25. The maximum absolute atomic E-state index is 11.7. The van der Waals surface area contributed by atoms with Gasteiger partial charge in [-0.2, -0.15) is 0 Å². The van der Waals surface area contributed by atoms with Crippen molar-refractivity contribution in [2.24, 2.45) is 5.92 Å². The second kappa shape index (κ2) is 6.38. The Hall–Kier alpha value is -1.58. The third-order valence-electron chi connectivity index (χ3n) is 3.35. The number of rotatable bonds is 6. The molecule has 0 saturated heterocycles. The monoisotopic (exact) mass is 247 g/mol. The van der Waals surface area contributed by atoms with Crippen LogP contribution in [0, 0.1) is 5.92 Å². The molecule has 4 nitrogen and oxygen atoms in total. The summed E-state index contributed by atoms with van der Waals surface area (Å²) >= 11 is 0. The Labute approximate surface area is 108 Å². The van der Waals surface area contributed by atoms with E-state index in [9.17, 15) is 4.79 Å². The van der Waals surface area contributed by atoms with Gasteiger partial charge in [-0.05, 0) is 31.4 Å². The molecule has 0 unspecified atom stereocenters. The Morgan fingerprint density at radius 2 is 2.28 bits per heavy atom. The second-order valence-electron chi connectivity index (χ2n) is 4.83. The smallest absolute Gasteiger partial charge is 0.228 e. The number of aromatic nitrogens is 1. The maximum Gasteiger partial charge on any atom is 0.228 e. The van der Waals surface area contributed by atoms with Gasteiger partial charge in [-0.25, -0.2) is 4.98 Å². The van der Waals surface area contributed by atoms with Crippen LogP contribution in [0.1, 0.15) is 39.0 Å². The van der Waals surface area contributed by atoms with Crippen LogP contribution in [0.3, 0.4) is 0 Å². The van der Waals surface area contributed by atoms with Crippen LogP contribution in [-0.4, -0.2) is 17.4 Å². The molecule has 2 N–H and O–H groups in total. The predicted molar refractivity (Wildman–Crippen MR) is 73.6 cm³/mol. The molecular weight excluding hydrogens is 226 g/mol. The molecule has 0 bridgehead atoms. The highest BCUT2D eigenvalue weighted by Crippen LogP contribution is 2.27. The first kappa shape index (κ1) is 12.9. The quantitative estimate of drug-likeness (QED) is 0.760. The molecule has 1 heterocycles. The molecule has 18 heavy (non-hydrogen) atoms. The normalized spacial score (nSPS) is 14.9. The first-order chi connectivity index (χ1) is 8.79. The number of nitrogens with zero attached hydrogens (tertiary/aromatic N) is 1. The molecule has 0 spiro atoms. The third-order valence-corrected chi connectivity index (χ3v) is 3.35. The fourth-order valence-electron chi connectivity index (χ4n) is 1.88. The van der Waals surface area contributed by atoms with Gasteiger partial charge in [-0.15, -0.1) is 0 Å². The molecule has 0 radical (unpaired) electrons. The van der Waals surface area contributed by atoms with Gasteiger partial charge in [-0.1, -0.05) is 19.8 Å². The largest absolute Gasteiger partial charge is 0.384 e. The summed E-state index contributed by atoms with van der Waals surface area (Å²) in [5, 5.41) is 6.16. The van der Waals surface area contributed by atoms with E-state index in [1.165, 1.54) is 12.8 Å². The van der Waals surface area contributed by atoms with Crippen LogP contribution in [0.5, 0.6) is 0 Å². The van der Waals surface area contributed by atoms with Gasteiger partial charge in [0.25, 0.3) is 0 Å². The van der Waals surface area contributed by atoms with Crippen molar-refractivity contribution < 1.29 is 4.79 Å². The van der Waals surface area contributed by atoms with Crippen LogP contribution < -0.4 is 10.6 Å². The lowest BCUT2D eigenvalue weighted by molar-refractivity contribution is -0.122. The molecule has 0 aliphatic heterocycles. The van der Waals surface area contributed by atoms with Crippen molar-refractivity contribution in [1.82, 2.24) is 4.98 Å². The fourth-order valence-corrected chi connectivity index (χ4v) is 1.88. The van der Waals surface area contributed by atoms with Crippen molar-refractivity contribution >= 4 is 17.4 Å². The molecule has 1 fully saturated rings. The van der Waals surface area contributed by atoms with Gasteiger partial charge in [0, 0.05) is 12.5 Å². The second-order valence-corrected chi connectivity index (χ2v) is 4.83. The molecule has 1 saturated carbocycles. The average molecular weight is 247 g/mol.